The van der Waals surface area contributed by atoms with Crippen molar-refractivity contribution in [2.45, 2.75) is 13.3 Å². The third-order valence-electron chi connectivity index (χ3n) is 2.99. The summed E-state index contributed by atoms with van der Waals surface area (Å²) in [6.07, 6.45) is 2.34. The predicted molar refractivity (Wildman–Crippen MR) is 79.8 cm³/mol. The molecule has 0 aliphatic heterocycles. The van der Waals surface area contributed by atoms with Crippen molar-refractivity contribution < 1.29 is 14.7 Å². The van der Waals surface area contributed by atoms with Gasteiger partial charge in [-0.25, -0.2) is 0 Å². The third-order valence-corrected chi connectivity index (χ3v) is 3.65. The number of rotatable bonds is 5. The Morgan fingerprint density at radius 3 is 2.80 bits per heavy atom. The molecule has 0 atom stereocenters. The normalized spacial score (nSPS) is 10.7. The van der Waals surface area contributed by atoms with Crippen molar-refractivity contribution in [1.29, 1.82) is 0 Å². The van der Waals surface area contributed by atoms with Crippen molar-refractivity contribution in [3.8, 4) is 0 Å². The molecule has 106 valence electrons. The molecule has 2 N–H and O–H groups in total. The van der Waals surface area contributed by atoms with E-state index in [1.807, 2.05) is 25.1 Å². The Morgan fingerprint density at radius 2 is 2.15 bits per heavy atom. The number of amides is 1. The maximum absolute atomic E-state index is 12.5. The molecule has 0 radical (unpaired) electrons. The fraction of sp³-hybridized carbons (Fsp3) is 0.286. The molecule has 1 aromatic carbocycles. The number of hydrogen-bond acceptors (Lipinski definition) is 2. The molecule has 2 rings (SSSR count). The minimum atomic E-state index is -1.01. The Bertz CT molecular complexity index is 651. The number of nitrogens with one attached hydrogen (secondary N) is 1. The second kappa shape index (κ2) is 6.09. The van der Waals surface area contributed by atoms with Crippen molar-refractivity contribution >= 4 is 38.7 Å². The lowest BCUT2D eigenvalue weighted by molar-refractivity contribution is -0.137. The van der Waals surface area contributed by atoms with Crippen molar-refractivity contribution in [3.63, 3.8) is 0 Å². The van der Waals surface area contributed by atoms with E-state index in [4.69, 9.17) is 5.11 Å². The summed E-state index contributed by atoms with van der Waals surface area (Å²) in [5.74, 6) is -1.28. The number of carbonyl (C=O) groups is 2. The molecule has 0 aliphatic carbocycles. The molecule has 2 aromatic rings. The quantitative estimate of drug-likeness (QED) is 0.880. The van der Waals surface area contributed by atoms with Gasteiger partial charge in [0, 0.05) is 28.1 Å². The van der Waals surface area contributed by atoms with E-state index in [9.17, 15) is 9.59 Å². The van der Waals surface area contributed by atoms with Crippen LogP contribution in [0.1, 0.15) is 23.7 Å². The predicted octanol–water partition coefficient (Wildman–Crippen LogP) is 2.87. The first kappa shape index (κ1) is 14.6. The first-order valence-electron chi connectivity index (χ1n) is 6.31. The Kier molecular flexibility index (Phi) is 4.44. The van der Waals surface area contributed by atoms with Crippen LogP contribution in [-0.2, 0) is 4.79 Å². The molecular weight excluding hydrogens is 324 g/mol. The molecule has 0 fully saturated rings. The van der Waals surface area contributed by atoms with Gasteiger partial charge < -0.3 is 15.0 Å². The maximum atomic E-state index is 12.5. The van der Waals surface area contributed by atoms with E-state index in [0.29, 0.717) is 18.5 Å². The van der Waals surface area contributed by atoms with Crippen LogP contribution in [0.5, 0.6) is 0 Å². The van der Waals surface area contributed by atoms with Crippen LogP contribution in [0.2, 0.25) is 0 Å². The average molecular weight is 339 g/mol. The molecule has 20 heavy (non-hydrogen) atoms. The van der Waals surface area contributed by atoms with Gasteiger partial charge in [-0.2, -0.15) is 0 Å². The highest BCUT2D eigenvalue weighted by atomic mass is 79.9. The summed E-state index contributed by atoms with van der Waals surface area (Å²) in [5, 5.41) is 9.70. The number of carboxylic acids is 1. The molecular formula is C14H15BrN2O3. The van der Waals surface area contributed by atoms with Crippen molar-refractivity contribution in [3.05, 3.63) is 34.4 Å². The Hall–Kier alpha value is -1.82. The number of fused-ring (bicyclic) bond motifs is 1. The van der Waals surface area contributed by atoms with Gasteiger partial charge in [-0.05, 0) is 18.6 Å². The second-order valence-corrected chi connectivity index (χ2v) is 5.34. The van der Waals surface area contributed by atoms with Crippen LogP contribution >= 0.6 is 15.9 Å². The zero-order chi connectivity index (χ0) is 14.7. The maximum Gasteiger partial charge on any atom is 0.323 e. The fourth-order valence-corrected chi connectivity index (χ4v) is 2.74. The van der Waals surface area contributed by atoms with E-state index in [0.717, 1.165) is 15.4 Å². The molecule has 0 aliphatic rings. The highest BCUT2D eigenvalue weighted by Crippen LogP contribution is 2.27. The van der Waals surface area contributed by atoms with Crippen molar-refractivity contribution in [2.75, 3.05) is 13.1 Å². The summed E-state index contributed by atoms with van der Waals surface area (Å²) in [7, 11) is 0. The Morgan fingerprint density at radius 1 is 1.40 bits per heavy atom. The van der Waals surface area contributed by atoms with Crippen LogP contribution in [0.4, 0.5) is 0 Å². The number of carbonyl (C=O) groups excluding carboxylic acids is 1. The molecule has 1 aromatic heterocycles. The molecule has 0 unspecified atom stereocenters. The topological polar surface area (TPSA) is 73.4 Å². The summed E-state index contributed by atoms with van der Waals surface area (Å²) in [6.45, 7) is 2.04. The average Bonchev–Trinajstić information content (AvgIpc) is 2.82. The standard InChI is InChI=1S/C14H15BrN2O3/c1-2-6-17(8-12(18)19)14(20)9-7-16-11-5-3-4-10(15)13(9)11/h3-5,7,16H,2,6,8H2,1H3,(H,18,19). The second-order valence-electron chi connectivity index (χ2n) is 4.49. The number of aromatic nitrogens is 1. The summed E-state index contributed by atoms with van der Waals surface area (Å²) in [6, 6.07) is 5.60. The van der Waals surface area contributed by atoms with Gasteiger partial charge in [0.2, 0.25) is 0 Å². The van der Waals surface area contributed by atoms with E-state index >= 15 is 0 Å². The van der Waals surface area contributed by atoms with Gasteiger partial charge in [0.25, 0.3) is 5.91 Å². The molecule has 1 amide bonds. The first-order chi connectivity index (χ1) is 9.54. The lowest BCUT2D eigenvalue weighted by Gasteiger charge is -2.19. The number of nitrogens with zero attached hydrogens (tertiary/aromatic N) is 1. The number of aromatic amines is 1. The minimum Gasteiger partial charge on any atom is -0.480 e. The third kappa shape index (κ3) is 2.85. The summed E-state index contributed by atoms with van der Waals surface area (Å²) >= 11 is 3.43. The van der Waals surface area contributed by atoms with Crippen molar-refractivity contribution in [1.82, 2.24) is 9.88 Å². The molecule has 6 heteroatoms. The van der Waals surface area contributed by atoms with Gasteiger partial charge >= 0.3 is 5.97 Å². The van der Waals surface area contributed by atoms with E-state index in [-0.39, 0.29) is 12.5 Å². The molecule has 0 bridgehead atoms. The van der Waals surface area contributed by atoms with Crippen LogP contribution in [0.25, 0.3) is 10.9 Å². The largest absolute Gasteiger partial charge is 0.480 e. The van der Waals surface area contributed by atoms with Crippen LogP contribution in [0, 0.1) is 0 Å². The van der Waals surface area contributed by atoms with E-state index in [1.165, 1.54) is 4.90 Å². The molecule has 0 saturated carbocycles. The summed E-state index contributed by atoms with van der Waals surface area (Å²) < 4.78 is 0.811. The summed E-state index contributed by atoms with van der Waals surface area (Å²) in [4.78, 5) is 27.8. The zero-order valence-corrected chi connectivity index (χ0v) is 12.6. The highest BCUT2D eigenvalue weighted by molar-refractivity contribution is 9.10. The van der Waals surface area contributed by atoms with Gasteiger partial charge in [-0.1, -0.05) is 28.9 Å². The molecule has 0 saturated heterocycles. The first-order valence-corrected chi connectivity index (χ1v) is 7.10. The van der Waals surface area contributed by atoms with Gasteiger partial charge in [0.1, 0.15) is 6.54 Å². The number of H-pyrrole nitrogens is 1. The number of benzene rings is 1. The lowest BCUT2D eigenvalue weighted by atomic mass is 10.1. The van der Waals surface area contributed by atoms with Gasteiger partial charge in [0.05, 0.1) is 5.56 Å². The van der Waals surface area contributed by atoms with E-state index < -0.39 is 5.97 Å². The van der Waals surface area contributed by atoms with E-state index in [2.05, 4.69) is 20.9 Å². The minimum absolute atomic E-state index is 0.271. The van der Waals surface area contributed by atoms with E-state index in [1.54, 1.807) is 6.20 Å². The number of halogens is 1. The monoisotopic (exact) mass is 338 g/mol. The number of aliphatic carboxylic acids is 1. The summed E-state index contributed by atoms with van der Waals surface area (Å²) in [5.41, 5.74) is 1.33. The molecule has 1 heterocycles. The van der Waals surface area contributed by atoms with Crippen LogP contribution < -0.4 is 0 Å². The smallest absolute Gasteiger partial charge is 0.323 e. The van der Waals surface area contributed by atoms with Gasteiger partial charge in [0.15, 0.2) is 0 Å². The fourth-order valence-electron chi connectivity index (χ4n) is 2.16. The van der Waals surface area contributed by atoms with Crippen LogP contribution in [0.15, 0.2) is 28.9 Å². The lowest BCUT2D eigenvalue weighted by Crippen LogP contribution is -2.36. The van der Waals surface area contributed by atoms with Crippen LogP contribution in [0.3, 0.4) is 0 Å². The molecule has 5 nitrogen and oxygen atoms in total. The Labute approximate surface area is 124 Å². The van der Waals surface area contributed by atoms with Crippen LogP contribution in [-0.4, -0.2) is 40.0 Å². The van der Waals surface area contributed by atoms with Gasteiger partial charge in [-0.15, -0.1) is 0 Å². The SMILES string of the molecule is CCCN(CC(=O)O)C(=O)c1c[nH]c2cccc(Br)c12. The highest BCUT2D eigenvalue weighted by Gasteiger charge is 2.21. The Balaban J connectivity index is 2.41. The van der Waals surface area contributed by atoms with Crippen molar-refractivity contribution in [2.24, 2.45) is 0 Å². The number of hydrogen-bond donors (Lipinski definition) is 2. The zero-order valence-electron chi connectivity index (χ0n) is 11.0. The molecule has 0 spiro atoms. The number of carboxylic acid groups (broad SMARTS) is 1. The van der Waals surface area contributed by atoms with Gasteiger partial charge in [-0.3, -0.25) is 9.59 Å².